The van der Waals surface area contributed by atoms with Crippen molar-refractivity contribution in [2.45, 2.75) is 45.1 Å². The lowest BCUT2D eigenvalue weighted by atomic mass is 9.77. The highest BCUT2D eigenvalue weighted by molar-refractivity contribution is 5.88. The summed E-state index contributed by atoms with van der Waals surface area (Å²) in [6, 6.07) is 11.8. The van der Waals surface area contributed by atoms with Gasteiger partial charge in [-0.15, -0.1) is 0 Å². The van der Waals surface area contributed by atoms with E-state index in [0.717, 1.165) is 41.5 Å². The molecule has 7 heteroatoms. The number of halogens is 1. The minimum absolute atomic E-state index is 0.0108. The second-order valence-electron chi connectivity index (χ2n) is 10.4. The molecule has 1 fully saturated rings. The predicted molar refractivity (Wildman–Crippen MR) is 135 cm³/mol. The second-order valence-corrected chi connectivity index (χ2v) is 10.4. The molecule has 1 N–H and O–H groups in total. The Morgan fingerprint density at radius 2 is 1.89 bits per heavy atom. The molecule has 1 aliphatic heterocycles. The monoisotopic (exact) mass is 491 g/mol. The van der Waals surface area contributed by atoms with Crippen molar-refractivity contribution < 1.29 is 23.8 Å². The average molecular weight is 492 g/mol. The fourth-order valence-corrected chi connectivity index (χ4v) is 5.91. The number of carboxylic acid groups (broad SMARTS) is 1. The van der Waals surface area contributed by atoms with Gasteiger partial charge in [-0.05, 0) is 53.6 Å². The van der Waals surface area contributed by atoms with Crippen molar-refractivity contribution in [3.63, 3.8) is 0 Å². The molecule has 1 aromatic heterocycles. The summed E-state index contributed by atoms with van der Waals surface area (Å²) < 4.78 is 27.1. The van der Waals surface area contributed by atoms with Crippen molar-refractivity contribution in [1.29, 1.82) is 0 Å². The normalized spacial score (nSPS) is 19.3. The summed E-state index contributed by atoms with van der Waals surface area (Å²) in [6.45, 7) is 5.44. The van der Waals surface area contributed by atoms with Crippen molar-refractivity contribution in [3.8, 4) is 28.1 Å². The molecule has 5 rings (SSSR count). The highest BCUT2D eigenvalue weighted by atomic mass is 19.1. The number of nitrogens with zero attached hydrogens (tertiary/aromatic N) is 1. The second kappa shape index (κ2) is 9.21. The molecular weight excluding hydrogens is 461 g/mol. The summed E-state index contributed by atoms with van der Waals surface area (Å²) in [6.07, 6.45) is 4.16. The molecule has 36 heavy (non-hydrogen) atoms. The van der Waals surface area contributed by atoms with E-state index in [4.69, 9.17) is 9.47 Å². The van der Waals surface area contributed by atoms with Crippen molar-refractivity contribution in [2.75, 3.05) is 20.3 Å². The number of fused-ring (bicyclic) bond motifs is 6. The Balaban J connectivity index is 1.73. The Labute approximate surface area is 209 Å². The van der Waals surface area contributed by atoms with E-state index in [1.165, 1.54) is 24.4 Å². The summed E-state index contributed by atoms with van der Waals surface area (Å²) in [5.74, 6) is -0.693. The molecule has 1 saturated carbocycles. The number of carbonyl (C=O) groups is 1. The first-order valence-corrected chi connectivity index (χ1v) is 12.3. The van der Waals surface area contributed by atoms with Gasteiger partial charge in [-0.25, -0.2) is 9.18 Å². The van der Waals surface area contributed by atoms with E-state index in [9.17, 15) is 19.1 Å². The number of benzene rings is 2. The van der Waals surface area contributed by atoms with Gasteiger partial charge in [0.25, 0.3) is 0 Å². The third kappa shape index (κ3) is 4.11. The molecule has 0 bridgehead atoms. The highest BCUT2D eigenvalue weighted by Crippen LogP contribution is 2.59. The molecule has 0 saturated heterocycles. The van der Waals surface area contributed by atoms with Gasteiger partial charge in [0.2, 0.25) is 0 Å². The lowest BCUT2D eigenvalue weighted by Crippen LogP contribution is -2.32. The van der Waals surface area contributed by atoms with E-state index in [-0.39, 0.29) is 28.8 Å². The number of hydrogen-bond donors (Lipinski definition) is 1. The van der Waals surface area contributed by atoms with Crippen LogP contribution >= 0.6 is 0 Å². The molecule has 188 valence electrons. The lowest BCUT2D eigenvalue weighted by Gasteiger charge is -2.40. The minimum atomic E-state index is -1.22. The van der Waals surface area contributed by atoms with E-state index in [0.29, 0.717) is 24.7 Å². The number of carboxylic acids is 1. The molecule has 0 radical (unpaired) electrons. The summed E-state index contributed by atoms with van der Waals surface area (Å²) in [4.78, 5) is 24.6. The van der Waals surface area contributed by atoms with Crippen LogP contribution in [0.25, 0.3) is 22.4 Å². The molecule has 2 aromatic carbocycles. The number of aromatic nitrogens is 1. The molecule has 1 aliphatic carbocycles. The van der Waals surface area contributed by atoms with Crippen LogP contribution in [0.1, 0.15) is 61.0 Å². The fraction of sp³-hybridized carbons (Fsp3) is 0.379. The minimum Gasteiger partial charge on any atom is -0.493 e. The SMILES string of the molecule is COCCCOc1cc2c(cc1-c1ccc(F)cc1)-c1cc(=O)c(C(=O)O)cn1[C@H]1[C@@H]2CCC1(C)C. The number of hydrogen-bond acceptors (Lipinski definition) is 4. The maximum absolute atomic E-state index is 13.7. The summed E-state index contributed by atoms with van der Waals surface area (Å²) in [5, 5.41) is 9.64. The topological polar surface area (TPSA) is 77.8 Å². The van der Waals surface area contributed by atoms with Crippen LogP contribution in [0.4, 0.5) is 4.39 Å². The third-order valence-electron chi connectivity index (χ3n) is 7.62. The van der Waals surface area contributed by atoms with Crippen LogP contribution in [0.3, 0.4) is 0 Å². The summed E-state index contributed by atoms with van der Waals surface area (Å²) >= 11 is 0. The highest BCUT2D eigenvalue weighted by Gasteiger charge is 2.47. The Hall–Kier alpha value is -3.45. The van der Waals surface area contributed by atoms with Crippen LogP contribution < -0.4 is 10.2 Å². The van der Waals surface area contributed by atoms with Gasteiger partial charge in [0.15, 0.2) is 5.43 Å². The van der Waals surface area contributed by atoms with Gasteiger partial charge in [-0.1, -0.05) is 26.0 Å². The molecule has 0 unspecified atom stereocenters. The van der Waals surface area contributed by atoms with E-state index < -0.39 is 11.4 Å². The maximum Gasteiger partial charge on any atom is 0.341 e. The van der Waals surface area contributed by atoms with Crippen molar-refractivity contribution in [2.24, 2.45) is 5.41 Å². The van der Waals surface area contributed by atoms with Gasteiger partial charge < -0.3 is 19.1 Å². The Bertz CT molecular complexity index is 1380. The molecule has 6 nitrogen and oxygen atoms in total. The van der Waals surface area contributed by atoms with Gasteiger partial charge in [0.05, 0.1) is 12.3 Å². The first-order chi connectivity index (χ1) is 17.2. The van der Waals surface area contributed by atoms with Gasteiger partial charge in [0, 0.05) is 55.5 Å². The van der Waals surface area contributed by atoms with Crippen LogP contribution in [0.5, 0.6) is 5.75 Å². The maximum atomic E-state index is 13.7. The summed E-state index contributed by atoms with van der Waals surface area (Å²) in [5.41, 5.74) is 3.45. The van der Waals surface area contributed by atoms with Gasteiger partial charge in [-0.3, -0.25) is 4.79 Å². The van der Waals surface area contributed by atoms with Gasteiger partial charge >= 0.3 is 5.97 Å². The molecule has 0 amide bonds. The molecule has 3 aromatic rings. The van der Waals surface area contributed by atoms with Gasteiger partial charge in [-0.2, -0.15) is 0 Å². The van der Waals surface area contributed by atoms with Crippen LogP contribution in [-0.2, 0) is 4.74 Å². The third-order valence-corrected chi connectivity index (χ3v) is 7.62. The first kappa shape index (κ1) is 24.3. The molecule has 0 spiro atoms. The zero-order chi connectivity index (χ0) is 25.6. The quantitative estimate of drug-likeness (QED) is 0.417. The molecule has 2 atom stereocenters. The van der Waals surface area contributed by atoms with Crippen LogP contribution in [0.2, 0.25) is 0 Å². The Kier molecular flexibility index (Phi) is 6.20. The smallest absolute Gasteiger partial charge is 0.341 e. The standard InChI is InChI=1S/C29H30FNO5/c1-29(2)10-9-19-21-14-26(36-12-4-11-35-3)20(17-5-7-18(30)8-6-17)13-22(21)24-15-25(32)23(28(33)34)16-31(24)27(19)29/h5-8,13-16,19,27H,4,9-12H2,1-3H3,(H,33,34)/t19-,27+/m1/s1. The van der Waals surface area contributed by atoms with Crippen molar-refractivity contribution in [1.82, 2.24) is 4.57 Å². The predicted octanol–water partition coefficient (Wildman–Crippen LogP) is 5.89. The van der Waals surface area contributed by atoms with Crippen LogP contribution in [-0.4, -0.2) is 36.0 Å². The van der Waals surface area contributed by atoms with E-state index >= 15 is 0 Å². The van der Waals surface area contributed by atoms with Crippen molar-refractivity contribution >= 4 is 5.97 Å². The number of aromatic carboxylic acids is 1. The van der Waals surface area contributed by atoms with Crippen molar-refractivity contribution in [3.05, 3.63) is 75.8 Å². The Morgan fingerprint density at radius 1 is 1.14 bits per heavy atom. The fourth-order valence-electron chi connectivity index (χ4n) is 5.91. The Morgan fingerprint density at radius 3 is 2.58 bits per heavy atom. The zero-order valence-corrected chi connectivity index (χ0v) is 20.7. The van der Waals surface area contributed by atoms with Crippen LogP contribution in [0.15, 0.2) is 53.5 Å². The number of rotatable bonds is 7. The van der Waals surface area contributed by atoms with Gasteiger partial charge in [0.1, 0.15) is 17.1 Å². The molecule has 2 heterocycles. The number of methoxy groups -OCH3 is 1. The number of pyridine rings is 1. The van der Waals surface area contributed by atoms with E-state index in [2.05, 4.69) is 19.9 Å². The zero-order valence-electron chi connectivity index (χ0n) is 20.7. The van der Waals surface area contributed by atoms with Crippen LogP contribution in [0, 0.1) is 11.2 Å². The van der Waals surface area contributed by atoms with E-state index in [1.54, 1.807) is 19.2 Å². The molecular formula is C29H30FNO5. The molecule has 2 aliphatic rings. The number of ether oxygens (including phenoxy) is 2. The summed E-state index contributed by atoms with van der Waals surface area (Å²) in [7, 11) is 1.65. The van der Waals surface area contributed by atoms with E-state index in [1.807, 2.05) is 10.6 Å². The largest absolute Gasteiger partial charge is 0.493 e. The lowest BCUT2D eigenvalue weighted by molar-refractivity contribution is 0.0693. The first-order valence-electron chi connectivity index (χ1n) is 12.3. The average Bonchev–Trinajstić information content (AvgIpc) is 3.17.